The van der Waals surface area contributed by atoms with Crippen LogP contribution in [0.2, 0.25) is 0 Å². The zero-order valence-corrected chi connectivity index (χ0v) is 8.81. The Morgan fingerprint density at radius 2 is 2.46 bits per heavy atom. The maximum atomic E-state index is 11.4. The van der Waals surface area contributed by atoms with Crippen molar-refractivity contribution >= 4 is 30.2 Å². The summed E-state index contributed by atoms with van der Waals surface area (Å²) in [6.07, 6.45) is 6.54. The van der Waals surface area contributed by atoms with E-state index >= 15 is 0 Å². The Kier molecular flexibility index (Phi) is 4.05. The maximum Gasteiger partial charge on any atom is 0.189 e. The number of ketones is 1. The molecule has 0 saturated carbocycles. The molecule has 0 N–H and O–H groups in total. The Labute approximate surface area is 86.9 Å². The average Bonchev–Trinajstić information content (AvgIpc) is 2.19. The molecular weight excluding hydrogens is 202 g/mol. The summed E-state index contributed by atoms with van der Waals surface area (Å²) >= 11 is 5.53. The van der Waals surface area contributed by atoms with Gasteiger partial charge in [-0.2, -0.15) is 0 Å². The van der Waals surface area contributed by atoms with Crippen LogP contribution in [0.4, 0.5) is 0 Å². The second-order valence-electron chi connectivity index (χ2n) is 2.29. The van der Waals surface area contributed by atoms with E-state index < -0.39 is 0 Å². The Balaban J connectivity index is 2.81. The molecule has 1 aromatic heterocycles. The molecule has 1 aromatic rings. The van der Waals surface area contributed by atoms with Crippen molar-refractivity contribution in [1.29, 1.82) is 0 Å². The molecule has 0 atom stereocenters. The lowest BCUT2D eigenvalue weighted by atomic mass is 10.2. The Bertz CT molecular complexity index is 322. The minimum absolute atomic E-state index is 0.0625. The van der Waals surface area contributed by atoms with Crippen molar-refractivity contribution in [1.82, 2.24) is 4.98 Å². The molecule has 0 bridgehead atoms. The summed E-state index contributed by atoms with van der Waals surface area (Å²) in [4.78, 5) is 15.3. The van der Waals surface area contributed by atoms with E-state index in [1.807, 2.05) is 6.26 Å². The van der Waals surface area contributed by atoms with Crippen molar-refractivity contribution in [3.8, 4) is 0 Å². The lowest BCUT2D eigenvalue weighted by Gasteiger charge is -1.95. The highest BCUT2D eigenvalue weighted by Crippen LogP contribution is 2.16. The van der Waals surface area contributed by atoms with Crippen LogP contribution >= 0.6 is 24.4 Å². The van der Waals surface area contributed by atoms with Gasteiger partial charge >= 0.3 is 0 Å². The van der Waals surface area contributed by atoms with E-state index in [0.29, 0.717) is 9.80 Å². The largest absolute Gasteiger partial charge is 0.289 e. The Morgan fingerprint density at radius 3 is 3.00 bits per heavy atom. The predicted octanol–water partition coefficient (Wildman–Crippen LogP) is 2.40. The Hall–Kier alpha value is -0.740. The number of hydrogen-bond acceptors (Lipinski definition) is 4. The molecule has 0 amide bonds. The third kappa shape index (κ3) is 3.24. The molecule has 0 fully saturated rings. The summed E-state index contributed by atoms with van der Waals surface area (Å²) in [5.41, 5.74) is 0.586. The molecule has 68 valence electrons. The van der Waals surface area contributed by atoms with Gasteiger partial charge in [-0.1, -0.05) is 0 Å². The van der Waals surface area contributed by atoms with Gasteiger partial charge in [-0.05, 0) is 18.4 Å². The average molecular weight is 211 g/mol. The highest BCUT2D eigenvalue weighted by Gasteiger charge is 2.01. The van der Waals surface area contributed by atoms with Crippen molar-refractivity contribution in [2.24, 2.45) is 0 Å². The first-order chi connectivity index (χ1) is 6.24. The first-order valence-electron chi connectivity index (χ1n) is 3.63. The van der Waals surface area contributed by atoms with Crippen molar-refractivity contribution in [3.63, 3.8) is 0 Å². The molecule has 0 aliphatic rings. The van der Waals surface area contributed by atoms with Crippen LogP contribution in [0.3, 0.4) is 0 Å². The number of pyridine rings is 1. The summed E-state index contributed by atoms with van der Waals surface area (Å²) in [7, 11) is 0. The van der Waals surface area contributed by atoms with E-state index in [0.717, 1.165) is 0 Å². The first-order valence-corrected chi connectivity index (χ1v) is 5.30. The molecule has 0 aliphatic heterocycles. The standard InChI is InChI=1S/C9H9NOS2/c1-13-9(12)5-8(11)7-3-2-4-10-6-7/h2-6,12H,1H3/b9-5-. The monoisotopic (exact) mass is 211 g/mol. The smallest absolute Gasteiger partial charge is 0.189 e. The number of hydrogen-bond donors (Lipinski definition) is 1. The number of nitrogens with zero attached hydrogens (tertiary/aromatic N) is 1. The first kappa shape index (κ1) is 10.3. The maximum absolute atomic E-state index is 11.4. The third-order valence-electron chi connectivity index (χ3n) is 1.41. The lowest BCUT2D eigenvalue weighted by molar-refractivity contribution is 0.104. The molecule has 13 heavy (non-hydrogen) atoms. The van der Waals surface area contributed by atoms with Gasteiger partial charge in [0, 0.05) is 28.3 Å². The lowest BCUT2D eigenvalue weighted by Crippen LogP contribution is -1.94. The number of rotatable bonds is 3. The topological polar surface area (TPSA) is 30.0 Å². The molecule has 2 nitrogen and oxygen atoms in total. The van der Waals surface area contributed by atoms with E-state index in [1.54, 1.807) is 24.5 Å². The van der Waals surface area contributed by atoms with Crippen LogP contribution in [0.5, 0.6) is 0 Å². The number of thiol groups is 1. The molecule has 0 unspecified atom stereocenters. The summed E-state index contributed by atoms with van der Waals surface area (Å²) in [6, 6.07) is 3.46. The van der Waals surface area contributed by atoms with Crippen LogP contribution in [0.1, 0.15) is 10.4 Å². The second kappa shape index (κ2) is 5.09. The Morgan fingerprint density at radius 1 is 1.69 bits per heavy atom. The zero-order valence-electron chi connectivity index (χ0n) is 7.10. The van der Waals surface area contributed by atoms with E-state index in [4.69, 9.17) is 0 Å². The van der Waals surface area contributed by atoms with Gasteiger partial charge in [-0.15, -0.1) is 24.4 Å². The number of allylic oxidation sites excluding steroid dienone is 1. The fourth-order valence-electron chi connectivity index (χ4n) is 0.763. The molecule has 0 spiro atoms. The van der Waals surface area contributed by atoms with Crippen LogP contribution in [-0.4, -0.2) is 17.0 Å². The number of aromatic nitrogens is 1. The molecular formula is C9H9NOS2. The van der Waals surface area contributed by atoms with Crippen LogP contribution < -0.4 is 0 Å². The zero-order chi connectivity index (χ0) is 9.68. The van der Waals surface area contributed by atoms with Crippen LogP contribution in [0, 0.1) is 0 Å². The number of thioether (sulfide) groups is 1. The highest BCUT2D eigenvalue weighted by molar-refractivity contribution is 8.15. The van der Waals surface area contributed by atoms with Gasteiger partial charge < -0.3 is 0 Å². The van der Waals surface area contributed by atoms with Crippen LogP contribution in [-0.2, 0) is 0 Å². The van der Waals surface area contributed by atoms with E-state index in [2.05, 4.69) is 17.6 Å². The quantitative estimate of drug-likeness (QED) is 0.473. The predicted molar refractivity (Wildman–Crippen MR) is 59.2 cm³/mol. The van der Waals surface area contributed by atoms with Crippen LogP contribution in [0.15, 0.2) is 34.8 Å². The second-order valence-corrected chi connectivity index (χ2v) is 3.93. The SMILES string of the molecule is CS/C(S)=C\C(=O)c1cccnc1. The van der Waals surface area contributed by atoms with Gasteiger partial charge in [0.15, 0.2) is 5.78 Å². The van der Waals surface area contributed by atoms with Gasteiger partial charge in [0.1, 0.15) is 0 Å². The summed E-state index contributed by atoms with van der Waals surface area (Å²) in [6.45, 7) is 0. The van der Waals surface area contributed by atoms with E-state index in [9.17, 15) is 4.79 Å². The molecule has 0 radical (unpaired) electrons. The fraction of sp³-hybridized carbons (Fsp3) is 0.111. The van der Waals surface area contributed by atoms with Crippen molar-refractivity contribution in [2.75, 3.05) is 6.26 Å². The van der Waals surface area contributed by atoms with Gasteiger partial charge in [-0.25, -0.2) is 0 Å². The number of carbonyl (C=O) groups excluding carboxylic acids is 1. The minimum atomic E-state index is -0.0625. The fourth-order valence-corrected chi connectivity index (χ4v) is 1.11. The molecule has 0 saturated heterocycles. The summed E-state index contributed by atoms with van der Waals surface area (Å²) < 4.78 is 0.703. The van der Waals surface area contributed by atoms with Crippen molar-refractivity contribution < 1.29 is 4.79 Å². The van der Waals surface area contributed by atoms with Crippen molar-refractivity contribution in [2.45, 2.75) is 0 Å². The minimum Gasteiger partial charge on any atom is -0.289 e. The molecule has 0 aromatic carbocycles. The molecule has 0 aliphatic carbocycles. The van der Waals surface area contributed by atoms with Crippen LogP contribution in [0.25, 0.3) is 0 Å². The number of carbonyl (C=O) groups is 1. The summed E-state index contributed by atoms with van der Waals surface area (Å²) in [5.74, 6) is -0.0625. The third-order valence-corrected chi connectivity index (χ3v) is 2.62. The normalized spacial score (nSPS) is 11.4. The van der Waals surface area contributed by atoms with Crippen molar-refractivity contribution in [3.05, 3.63) is 40.4 Å². The molecule has 1 rings (SSSR count). The van der Waals surface area contributed by atoms with Gasteiger partial charge in [-0.3, -0.25) is 9.78 Å². The van der Waals surface area contributed by atoms with E-state index in [-0.39, 0.29) is 5.78 Å². The molecule has 1 heterocycles. The van der Waals surface area contributed by atoms with Gasteiger partial charge in [0.25, 0.3) is 0 Å². The highest BCUT2D eigenvalue weighted by atomic mass is 32.2. The van der Waals surface area contributed by atoms with Gasteiger partial charge in [0.05, 0.1) is 0 Å². The van der Waals surface area contributed by atoms with E-state index in [1.165, 1.54) is 17.8 Å². The molecule has 4 heteroatoms. The van der Waals surface area contributed by atoms with Gasteiger partial charge in [0.2, 0.25) is 0 Å². The summed E-state index contributed by atoms with van der Waals surface area (Å²) in [5, 5.41) is 0.